The van der Waals surface area contributed by atoms with Crippen molar-refractivity contribution in [2.24, 2.45) is 94.7 Å². The van der Waals surface area contributed by atoms with E-state index < -0.39 is 0 Å². The second-order valence-corrected chi connectivity index (χ2v) is 38.2. The number of likely N-dealkylation sites (tertiary alicyclic amines) is 3. The zero-order valence-electron chi connectivity index (χ0n) is 95.8. The van der Waals surface area contributed by atoms with Crippen LogP contribution in [0.5, 0.6) is 0 Å². The van der Waals surface area contributed by atoms with Gasteiger partial charge in [0.1, 0.15) is 0 Å². The van der Waals surface area contributed by atoms with Crippen molar-refractivity contribution < 1.29 is 14.2 Å². The number of hydrogen-bond acceptors (Lipinski definition) is 13. The fraction of sp³-hybridized carbons (Fsp3) is 1.00. The van der Waals surface area contributed by atoms with Crippen molar-refractivity contribution in [2.45, 2.75) is 453 Å². The number of hydrogen-bond donors (Lipinski definition) is 5. The van der Waals surface area contributed by atoms with E-state index in [4.69, 9.17) is 14.2 Å². The van der Waals surface area contributed by atoms with Gasteiger partial charge in [-0.25, -0.2) is 0 Å². The summed E-state index contributed by atoms with van der Waals surface area (Å²) in [5, 5.41) is 16.8. The first-order chi connectivity index (χ1) is 60.2. The van der Waals surface area contributed by atoms with E-state index in [-0.39, 0.29) is 7.43 Å². The van der Waals surface area contributed by atoms with Crippen LogP contribution in [0, 0.1) is 94.7 Å². The molecule has 11 heterocycles. The Hall–Kier alpha value is -0.520. The molecule has 11 rings (SSSR count). The minimum absolute atomic E-state index is 0. The largest absolute Gasteiger partial charge is 0.381 e. The molecule has 11 aliphatic heterocycles. The normalized spacial score (nSPS) is 19.6. The number of ether oxygens (including phenoxy) is 3. The van der Waals surface area contributed by atoms with Gasteiger partial charge in [-0.3, -0.25) is 4.90 Å². The van der Waals surface area contributed by atoms with Gasteiger partial charge in [-0.2, -0.15) is 0 Å². The van der Waals surface area contributed by atoms with Gasteiger partial charge >= 0.3 is 0 Å². The summed E-state index contributed by atoms with van der Waals surface area (Å²) in [5.74, 6) is 14.3. The molecular formula is C113H260N10O3. The molecule has 13 nitrogen and oxygen atoms in total. The lowest BCUT2D eigenvalue weighted by atomic mass is 9.89. The van der Waals surface area contributed by atoms with Gasteiger partial charge in [0.25, 0.3) is 0 Å². The molecule has 3 unspecified atom stereocenters. The van der Waals surface area contributed by atoms with Gasteiger partial charge in [-0.15, -0.1) is 0 Å². The maximum Gasteiger partial charge on any atom is 0.0594 e. The van der Waals surface area contributed by atoms with Crippen molar-refractivity contribution in [3.8, 4) is 0 Å². The topological polar surface area (TPSA) is 104 Å². The first-order valence-electron chi connectivity index (χ1n) is 56.1. The quantitative estimate of drug-likeness (QED) is 0.0711. The maximum atomic E-state index is 5.46. The van der Waals surface area contributed by atoms with Gasteiger partial charge < -0.3 is 60.4 Å². The first kappa shape index (κ1) is 151. The summed E-state index contributed by atoms with van der Waals surface area (Å²) in [6.45, 7) is 131. The molecule has 0 aliphatic carbocycles. The van der Waals surface area contributed by atoms with Crippen LogP contribution >= 0.6 is 0 Å². The van der Waals surface area contributed by atoms with Gasteiger partial charge in [0, 0.05) is 91.8 Å². The Bertz CT molecular complexity index is 1470. The lowest BCUT2D eigenvalue weighted by Crippen LogP contribution is -2.44. The predicted octanol–water partition coefficient (Wildman–Crippen LogP) is 30.3. The lowest BCUT2D eigenvalue weighted by Gasteiger charge is -2.31. The molecule has 5 N–H and O–H groups in total. The molecular weight excluding hydrogens is 1550 g/mol. The van der Waals surface area contributed by atoms with E-state index in [0.717, 1.165) is 141 Å². The Morgan fingerprint density at radius 1 is 0.206 bits per heavy atom. The molecule has 13 heteroatoms. The predicted molar refractivity (Wildman–Crippen MR) is 587 cm³/mol. The van der Waals surface area contributed by atoms with E-state index in [0.29, 0.717) is 6.10 Å². The van der Waals surface area contributed by atoms with Crippen molar-refractivity contribution in [3.63, 3.8) is 0 Å². The molecule has 126 heavy (non-hydrogen) atoms. The number of piperazine rings is 1. The summed E-state index contributed by atoms with van der Waals surface area (Å²) >= 11 is 0. The fourth-order valence-electron chi connectivity index (χ4n) is 16.3. The van der Waals surface area contributed by atoms with Crippen LogP contribution in [0.3, 0.4) is 0 Å². The highest BCUT2D eigenvalue weighted by atomic mass is 16.5. The molecule has 11 saturated heterocycles. The minimum atomic E-state index is 0. The molecule has 0 radical (unpaired) electrons. The van der Waals surface area contributed by atoms with Crippen LogP contribution in [0.4, 0.5) is 0 Å². The first-order valence-corrected chi connectivity index (χ1v) is 56.1. The molecule has 3 atom stereocenters. The smallest absolute Gasteiger partial charge is 0.0594 e. The van der Waals surface area contributed by atoms with Gasteiger partial charge in [-0.05, 0) is 315 Å². The molecule has 780 valence electrons. The van der Waals surface area contributed by atoms with Crippen molar-refractivity contribution in [2.75, 3.05) is 197 Å². The lowest BCUT2D eigenvalue weighted by molar-refractivity contribution is 0.0329. The maximum absolute atomic E-state index is 5.46. The van der Waals surface area contributed by atoms with Crippen LogP contribution in [0.25, 0.3) is 0 Å². The molecule has 11 aliphatic rings. The third kappa shape index (κ3) is 120. The van der Waals surface area contributed by atoms with Crippen LogP contribution in [0.1, 0.15) is 447 Å². The highest BCUT2D eigenvalue weighted by Gasteiger charge is 2.21. The van der Waals surface area contributed by atoms with Crippen LogP contribution in [0.2, 0.25) is 0 Å². The Balaban J connectivity index is -0.000000111. The van der Waals surface area contributed by atoms with E-state index in [9.17, 15) is 0 Å². The average Bonchev–Trinajstić information content (AvgIpc) is 1.61. The minimum Gasteiger partial charge on any atom is -0.381 e. The molecule has 0 aromatic carbocycles. The summed E-state index contributed by atoms with van der Waals surface area (Å²) in [6.07, 6.45) is 29.6. The van der Waals surface area contributed by atoms with E-state index in [1.165, 1.54) is 285 Å². The van der Waals surface area contributed by atoms with Crippen LogP contribution in [-0.4, -0.2) is 227 Å². The van der Waals surface area contributed by atoms with Crippen molar-refractivity contribution in [1.82, 2.24) is 51.1 Å². The van der Waals surface area contributed by atoms with Gasteiger partial charge in [0.05, 0.1) is 19.3 Å². The van der Waals surface area contributed by atoms with E-state index in [1.807, 2.05) is 152 Å². The van der Waals surface area contributed by atoms with Crippen molar-refractivity contribution in [1.29, 1.82) is 0 Å². The highest BCUT2D eigenvalue weighted by Crippen LogP contribution is 2.25. The highest BCUT2D eigenvalue weighted by molar-refractivity contribution is 4.77. The molecule has 0 spiro atoms. The zero-order chi connectivity index (χ0) is 98.4. The van der Waals surface area contributed by atoms with E-state index >= 15 is 0 Å². The van der Waals surface area contributed by atoms with Crippen molar-refractivity contribution >= 4 is 0 Å². The number of rotatable bonds is 22. The standard InChI is InChI=1S/3C9H19N.C9H18O.C8H18N2.C8H17NO.2C8H17N.C8H16O.2C7H15N.11C2H6.CH4/c1-8(2)7-9-3-5-10-6-4-9;1-8(2)6-9-4-3-5-10-7-9;1-9(2)8-10-6-4-3-5-7-10;1-8(2)7-9-3-5-10-6-4-9;1-8(2)7-10-5-3-9-4-6-10;1-8(2)7-9-3-5-10-6-4-9;1-7(2)5-8-3-4-9-6-8;1-8(2)7-9-5-3-4-6-9;1-7(2)6-8-4-3-5-9-8;1-6(2)3-7-4-8-5-7;1-7(2)6-8-4-3-5-8;11*1-2;/h2*8-10H,3-7H2,1-2H3;9H,3-8H2,1-2H3;2*8-9H,3-7H2,1-2H3;8H,3-7H2,1-2H3;7-9H,3-6H2,1-2H3;8H,3-7H2,1-2H3;7-8H,3-6H2,1-2H3;6-8H,3-5H2,1-2H3;7H,3-6H2,1-2H3;11*1-2H3;1H4. The van der Waals surface area contributed by atoms with Crippen LogP contribution in [-0.2, 0) is 14.2 Å². The molecule has 11 fully saturated rings. The Kier molecular flexibility index (Phi) is 147. The molecule has 0 aromatic heterocycles. The second kappa shape index (κ2) is 122. The van der Waals surface area contributed by atoms with Gasteiger partial charge in [0.2, 0.25) is 0 Å². The summed E-state index contributed by atoms with van der Waals surface area (Å²) in [4.78, 5) is 12.7. The van der Waals surface area contributed by atoms with Crippen LogP contribution < -0.4 is 26.6 Å². The van der Waals surface area contributed by atoms with E-state index in [1.54, 1.807) is 0 Å². The second-order valence-electron chi connectivity index (χ2n) is 38.2. The average molecular weight is 1810 g/mol. The summed E-state index contributed by atoms with van der Waals surface area (Å²) in [5.41, 5.74) is 0. The van der Waals surface area contributed by atoms with Gasteiger partial charge in [-0.1, -0.05) is 318 Å². The number of nitrogens with zero attached hydrogens (tertiary/aromatic N) is 5. The third-order valence-corrected chi connectivity index (χ3v) is 21.0. The molecule has 0 aromatic rings. The van der Waals surface area contributed by atoms with Gasteiger partial charge in [0.15, 0.2) is 0 Å². The Morgan fingerprint density at radius 3 is 0.762 bits per heavy atom. The number of nitrogens with one attached hydrogen (secondary N) is 5. The summed E-state index contributed by atoms with van der Waals surface area (Å²) in [6, 6.07) is 0. The summed E-state index contributed by atoms with van der Waals surface area (Å²) in [7, 11) is 0. The molecule has 0 saturated carbocycles. The fourth-order valence-corrected chi connectivity index (χ4v) is 16.3. The van der Waals surface area contributed by atoms with E-state index in [2.05, 4.69) is 203 Å². The van der Waals surface area contributed by atoms with Crippen LogP contribution in [0.15, 0.2) is 0 Å². The summed E-state index contributed by atoms with van der Waals surface area (Å²) < 4.78 is 16.0. The molecule has 0 amide bonds. The Morgan fingerprint density at radius 2 is 0.476 bits per heavy atom. The van der Waals surface area contributed by atoms with Crippen molar-refractivity contribution in [3.05, 3.63) is 0 Å². The molecule has 0 bridgehead atoms. The third-order valence-electron chi connectivity index (χ3n) is 21.0. The number of morpholine rings is 1. The number of piperidine rings is 3. The zero-order valence-corrected chi connectivity index (χ0v) is 95.8. The monoisotopic (exact) mass is 1810 g/mol. The SMILES string of the molecule is C.CC.CC.CC.CC.CC.CC.CC.CC.CC.CC.CC.CC(C)CC1CCCNC1.CC(C)CC1CCCO1.CC(C)CC1CCNC1.CC(C)CC1CCNCC1.CC(C)CC1CCOCC1.CC(C)CC1CNC1.CC(C)CN1CCC1.CC(C)CN1CCCC1.CC(C)CN1CCCCC1.CC(C)CN1CCNCC1.CC(C)CN1CCOCC1. The Labute approximate surface area is 805 Å².